The normalized spacial score (nSPS) is 17.8. The van der Waals surface area contributed by atoms with Crippen LogP contribution in [-0.4, -0.2) is 29.0 Å². The molecule has 0 spiro atoms. The number of benzene rings is 1. The second kappa shape index (κ2) is 7.15. The van der Waals surface area contributed by atoms with Crippen LogP contribution in [0.4, 0.5) is 11.6 Å². The zero-order valence-corrected chi connectivity index (χ0v) is 13.9. The van der Waals surface area contributed by atoms with Crippen molar-refractivity contribution in [3.05, 3.63) is 46.7 Å². The summed E-state index contributed by atoms with van der Waals surface area (Å²) in [6, 6.07) is 6.78. The molecule has 0 saturated carbocycles. The first-order chi connectivity index (χ1) is 11.1. The topological polar surface area (TPSA) is 58.1 Å². The Labute approximate surface area is 144 Å². The molecule has 1 aromatic carbocycles. The van der Waals surface area contributed by atoms with Crippen LogP contribution in [0.1, 0.15) is 12.8 Å². The van der Waals surface area contributed by atoms with E-state index in [9.17, 15) is 4.79 Å². The van der Waals surface area contributed by atoms with Crippen molar-refractivity contribution >= 4 is 40.7 Å². The highest BCUT2D eigenvalue weighted by Gasteiger charge is 2.27. The van der Waals surface area contributed by atoms with Crippen molar-refractivity contribution in [1.29, 1.82) is 0 Å². The first-order valence-corrected chi connectivity index (χ1v) is 8.16. The lowest BCUT2D eigenvalue weighted by Gasteiger charge is -2.31. The Morgan fingerprint density at radius 3 is 2.57 bits per heavy atom. The standard InChI is InChI=1S/C16H16Cl2N4O/c17-12-7-13(18)9-14(8-12)21-15(23)11-3-1-6-22(10-11)16-19-4-2-5-20-16/h2,4-5,7-9,11H,1,3,6,10H2,(H,21,23)/t11-/m1/s1. The van der Waals surface area contributed by atoms with Crippen molar-refractivity contribution < 1.29 is 4.79 Å². The molecular weight excluding hydrogens is 335 g/mol. The zero-order chi connectivity index (χ0) is 16.2. The molecule has 2 heterocycles. The number of carbonyl (C=O) groups excluding carboxylic acids is 1. The van der Waals surface area contributed by atoms with Gasteiger partial charge in [-0.2, -0.15) is 0 Å². The maximum Gasteiger partial charge on any atom is 0.229 e. The largest absolute Gasteiger partial charge is 0.340 e. The van der Waals surface area contributed by atoms with Gasteiger partial charge in [-0.15, -0.1) is 0 Å². The third kappa shape index (κ3) is 4.12. The molecule has 0 bridgehead atoms. The number of hydrogen-bond acceptors (Lipinski definition) is 4. The summed E-state index contributed by atoms with van der Waals surface area (Å²) in [7, 11) is 0. The van der Waals surface area contributed by atoms with Gasteiger partial charge in [0.25, 0.3) is 0 Å². The Morgan fingerprint density at radius 1 is 1.17 bits per heavy atom. The van der Waals surface area contributed by atoms with E-state index in [0.717, 1.165) is 19.4 Å². The van der Waals surface area contributed by atoms with Gasteiger partial charge in [0.2, 0.25) is 11.9 Å². The van der Waals surface area contributed by atoms with Crippen molar-refractivity contribution in [2.45, 2.75) is 12.8 Å². The first kappa shape index (κ1) is 16.0. The quantitative estimate of drug-likeness (QED) is 0.917. The van der Waals surface area contributed by atoms with Crippen molar-refractivity contribution in [1.82, 2.24) is 9.97 Å². The van der Waals surface area contributed by atoms with Gasteiger partial charge in [-0.25, -0.2) is 9.97 Å². The Bertz CT molecular complexity index is 675. The number of aromatic nitrogens is 2. The molecule has 0 radical (unpaired) electrons. The van der Waals surface area contributed by atoms with Crippen LogP contribution in [0.15, 0.2) is 36.7 Å². The molecule has 1 aliphatic rings. The lowest BCUT2D eigenvalue weighted by Crippen LogP contribution is -2.41. The third-order valence-electron chi connectivity index (χ3n) is 3.76. The predicted octanol–water partition coefficient (Wildman–Crippen LogP) is 3.64. The van der Waals surface area contributed by atoms with Gasteiger partial charge >= 0.3 is 0 Å². The summed E-state index contributed by atoms with van der Waals surface area (Å²) in [6.07, 6.45) is 5.18. The van der Waals surface area contributed by atoms with E-state index in [2.05, 4.69) is 15.3 Å². The minimum Gasteiger partial charge on any atom is -0.340 e. The number of amides is 1. The lowest BCUT2D eigenvalue weighted by molar-refractivity contribution is -0.120. The minimum absolute atomic E-state index is 0.0380. The second-order valence-corrected chi connectivity index (χ2v) is 6.35. The molecule has 1 amide bonds. The van der Waals surface area contributed by atoms with E-state index in [4.69, 9.17) is 23.2 Å². The molecule has 1 aromatic heterocycles. The summed E-state index contributed by atoms with van der Waals surface area (Å²) in [5.74, 6) is 0.505. The SMILES string of the molecule is O=C(Nc1cc(Cl)cc(Cl)c1)[C@@H]1CCCN(c2ncccn2)C1. The fourth-order valence-corrected chi connectivity index (χ4v) is 3.22. The Balaban J connectivity index is 1.67. The van der Waals surface area contributed by atoms with Gasteiger partial charge in [0.05, 0.1) is 5.92 Å². The minimum atomic E-state index is -0.120. The van der Waals surface area contributed by atoms with Crippen LogP contribution < -0.4 is 10.2 Å². The molecule has 2 aromatic rings. The Hall–Kier alpha value is -1.85. The van der Waals surface area contributed by atoms with Crippen LogP contribution in [0.2, 0.25) is 10.0 Å². The Morgan fingerprint density at radius 2 is 1.87 bits per heavy atom. The van der Waals surface area contributed by atoms with Gasteiger partial charge in [0.15, 0.2) is 0 Å². The summed E-state index contributed by atoms with van der Waals surface area (Å²) in [5, 5.41) is 3.88. The van der Waals surface area contributed by atoms with Crippen molar-refractivity contribution in [2.75, 3.05) is 23.3 Å². The average molecular weight is 351 g/mol. The molecule has 5 nitrogen and oxygen atoms in total. The summed E-state index contributed by atoms with van der Waals surface area (Å²) in [5.41, 5.74) is 0.612. The van der Waals surface area contributed by atoms with Gasteiger partial charge in [-0.3, -0.25) is 4.79 Å². The molecule has 0 unspecified atom stereocenters. The van der Waals surface area contributed by atoms with Crippen molar-refractivity contribution in [3.63, 3.8) is 0 Å². The predicted molar refractivity (Wildman–Crippen MR) is 92.1 cm³/mol. The van der Waals surface area contributed by atoms with E-state index >= 15 is 0 Å². The van der Waals surface area contributed by atoms with Crippen LogP contribution >= 0.6 is 23.2 Å². The van der Waals surface area contributed by atoms with Crippen LogP contribution in [0.25, 0.3) is 0 Å². The van der Waals surface area contributed by atoms with Gasteiger partial charge < -0.3 is 10.2 Å². The molecule has 1 fully saturated rings. The third-order valence-corrected chi connectivity index (χ3v) is 4.19. The van der Waals surface area contributed by atoms with E-state index < -0.39 is 0 Å². The fourth-order valence-electron chi connectivity index (χ4n) is 2.70. The van der Waals surface area contributed by atoms with Gasteiger partial charge in [0, 0.05) is 41.2 Å². The molecule has 1 saturated heterocycles. The van der Waals surface area contributed by atoms with Crippen LogP contribution in [0, 0.1) is 5.92 Å². The summed E-state index contributed by atoms with van der Waals surface area (Å²) in [4.78, 5) is 23.0. The van der Waals surface area contributed by atoms with Crippen molar-refractivity contribution in [3.8, 4) is 0 Å². The van der Waals surface area contributed by atoms with E-state index in [1.54, 1.807) is 36.7 Å². The lowest BCUT2D eigenvalue weighted by atomic mass is 9.97. The van der Waals surface area contributed by atoms with Crippen molar-refractivity contribution in [2.24, 2.45) is 5.92 Å². The smallest absolute Gasteiger partial charge is 0.229 e. The highest BCUT2D eigenvalue weighted by molar-refractivity contribution is 6.35. The molecule has 120 valence electrons. The van der Waals surface area contributed by atoms with Crippen LogP contribution in [0.3, 0.4) is 0 Å². The number of rotatable bonds is 3. The number of nitrogens with zero attached hydrogens (tertiary/aromatic N) is 3. The maximum absolute atomic E-state index is 12.5. The fraction of sp³-hybridized carbons (Fsp3) is 0.312. The van der Waals surface area contributed by atoms with E-state index in [0.29, 0.717) is 28.2 Å². The molecule has 3 rings (SSSR count). The van der Waals surface area contributed by atoms with E-state index in [1.807, 2.05) is 4.90 Å². The Kier molecular flexibility index (Phi) is 4.98. The number of halogens is 2. The van der Waals surface area contributed by atoms with Crippen LogP contribution in [-0.2, 0) is 4.79 Å². The zero-order valence-electron chi connectivity index (χ0n) is 12.4. The number of piperidine rings is 1. The molecule has 1 atom stereocenters. The molecule has 1 aliphatic heterocycles. The first-order valence-electron chi connectivity index (χ1n) is 7.41. The van der Waals surface area contributed by atoms with Crippen LogP contribution in [0.5, 0.6) is 0 Å². The summed E-state index contributed by atoms with van der Waals surface area (Å²) < 4.78 is 0. The maximum atomic E-state index is 12.5. The number of nitrogens with one attached hydrogen (secondary N) is 1. The van der Waals surface area contributed by atoms with Gasteiger partial charge in [0.1, 0.15) is 0 Å². The molecule has 7 heteroatoms. The van der Waals surface area contributed by atoms with E-state index in [1.165, 1.54) is 0 Å². The van der Waals surface area contributed by atoms with Gasteiger partial charge in [-0.1, -0.05) is 23.2 Å². The molecule has 23 heavy (non-hydrogen) atoms. The highest BCUT2D eigenvalue weighted by Crippen LogP contribution is 2.25. The summed E-state index contributed by atoms with van der Waals surface area (Å²) in [6.45, 7) is 1.46. The molecular formula is C16H16Cl2N4O. The highest BCUT2D eigenvalue weighted by atomic mass is 35.5. The summed E-state index contributed by atoms with van der Waals surface area (Å²) >= 11 is 11.9. The average Bonchev–Trinajstić information content (AvgIpc) is 2.55. The number of carbonyl (C=O) groups is 1. The number of hydrogen-bond donors (Lipinski definition) is 1. The number of anilines is 2. The monoisotopic (exact) mass is 350 g/mol. The molecule has 1 N–H and O–H groups in total. The molecule has 0 aliphatic carbocycles. The second-order valence-electron chi connectivity index (χ2n) is 5.48. The van der Waals surface area contributed by atoms with E-state index in [-0.39, 0.29) is 11.8 Å². The van der Waals surface area contributed by atoms with Gasteiger partial charge in [-0.05, 0) is 37.1 Å².